The Hall–Kier alpha value is -1.16. The molecule has 0 aliphatic carbocycles. The molecule has 0 aliphatic heterocycles. The molecule has 0 spiro atoms. The number of hydrogen-bond donors (Lipinski definition) is 2. The number of nitrogens with two attached hydrogens (primary N) is 1. The van der Waals surface area contributed by atoms with Gasteiger partial charge in [0, 0.05) is 11.3 Å². The maximum absolute atomic E-state index is 7.29. The van der Waals surface area contributed by atoms with E-state index in [1.54, 1.807) is 0 Å². The fraction of sp³-hybridized carbons (Fsp3) is 0.500. The number of nitrogens with one attached hydrogen (secondary N) is 1. The Morgan fingerprint density at radius 1 is 1.28 bits per heavy atom. The summed E-state index contributed by atoms with van der Waals surface area (Å²) in [7, 11) is 0. The third kappa shape index (κ3) is 5.96. The second-order valence-corrected chi connectivity index (χ2v) is 5.81. The second-order valence-electron chi connectivity index (χ2n) is 4.58. The van der Waals surface area contributed by atoms with Gasteiger partial charge >= 0.3 is 0 Å². The third-order valence-electron chi connectivity index (χ3n) is 2.50. The summed E-state index contributed by atoms with van der Waals surface area (Å²) in [6, 6.07) is 7.33. The van der Waals surface area contributed by atoms with E-state index in [0.29, 0.717) is 0 Å². The highest BCUT2D eigenvalue weighted by Crippen LogP contribution is 2.13. The van der Waals surface area contributed by atoms with Gasteiger partial charge in [0.2, 0.25) is 0 Å². The van der Waals surface area contributed by atoms with Crippen molar-refractivity contribution in [1.82, 2.24) is 0 Å². The molecule has 0 aliphatic rings. The molecule has 100 valence electrons. The SMILES string of the molecule is CC(C)CCSCCOc1ccc(C(=N)N)cc1. The van der Waals surface area contributed by atoms with Crippen molar-refractivity contribution in [1.29, 1.82) is 5.41 Å². The molecule has 1 aromatic rings. The van der Waals surface area contributed by atoms with Gasteiger partial charge in [-0.05, 0) is 42.4 Å². The van der Waals surface area contributed by atoms with Crippen LogP contribution >= 0.6 is 11.8 Å². The van der Waals surface area contributed by atoms with Gasteiger partial charge in [-0.3, -0.25) is 5.41 Å². The highest BCUT2D eigenvalue weighted by atomic mass is 32.2. The Morgan fingerprint density at radius 3 is 2.50 bits per heavy atom. The van der Waals surface area contributed by atoms with E-state index in [1.807, 2.05) is 36.0 Å². The molecule has 0 saturated carbocycles. The van der Waals surface area contributed by atoms with Gasteiger partial charge < -0.3 is 10.5 Å². The lowest BCUT2D eigenvalue weighted by atomic mass is 10.2. The van der Waals surface area contributed by atoms with Gasteiger partial charge in [-0.15, -0.1) is 0 Å². The van der Waals surface area contributed by atoms with Crippen molar-refractivity contribution in [3.05, 3.63) is 29.8 Å². The van der Waals surface area contributed by atoms with E-state index in [2.05, 4.69) is 13.8 Å². The minimum Gasteiger partial charge on any atom is -0.493 e. The van der Waals surface area contributed by atoms with Gasteiger partial charge in [-0.25, -0.2) is 0 Å². The summed E-state index contributed by atoms with van der Waals surface area (Å²) in [6.45, 7) is 5.21. The lowest BCUT2D eigenvalue weighted by Gasteiger charge is -2.07. The molecule has 0 bridgehead atoms. The average Bonchev–Trinajstić information content (AvgIpc) is 2.34. The molecule has 1 rings (SSSR count). The van der Waals surface area contributed by atoms with Crippen molar-refractivity contribution in [3.8, 4) is 5.75 Å². The molecule has 0 amide bonds. The van der Waals surface area contributed by atoms with Crippen LogP contribution in [0.25, 0.3) is 0 Å². The average molecular weight is 266 g/mol. The van der Waals surface area contributed by atoms with E-state index in [-0.39, 0.29) is 5.84 Å². The number of nitrogen functional groups attached to an aromatic ring is 1. The van der Waals surface area contributed by atoms with Gasteiger partial charge in [-0.2, -0.15) is 11.8 Å². The zero-order valence-corrected chi connectivity index (χ0v) is 11.9. The Kier molecular flexibility index (Phi) is 6.65. The van der Waals surface area contributed by atoms with Crippen LogP contribution in [0.5, 0.6) is 5.75 Å². The fourth-order valence-corrected chi connectivity index (χ4v) is 2.41. The van der Waals surface area contributed by atoms with Gasteiger partial charge in [0.25, 0.3) is 0 Å². The molecule has 3 nitrogen and oxygen atoms in total. The number of rotatable bonds is 8. The summed E-state index contributed by atoms with van der Waals surface area (Å²) in [5, 5.41) is 7.29. The predicted octanol–water partition coefficient (Wildman–Crippen LogP) is 3.13. The molecule has 3 N–H and O–H groups in total. The first-order valence-corrected chi connectivity index (χ1v) is 7.40. The van der Waals surface area contributed by atoms with Gasteiger partial charge in [0.15, 0.2) is 0 Å². The maximum atomic E-state index is 7.29. The molecular weight excluding hydrogens is 244 g/mol. The summed E-state index contributed by atoms with van der Waals surface area (Å²) in [6.07, 6.45) is 1.26. The zero-order chi connectivity index (χ0) is 13.4. The van der Waals surface area contributed by atoms with Crippen molar-refractivity contribution in [2.24, 2.45) is 11.7 Å². The topological polar surface area (TPSA) is 59.1 Å². The molecule has 0 aromatic heterocycles. The molecule has 1 aromatic carbocycles. The van der Waals surface area contributed by atoms with E-state index >= 15 is 0 Å². The molecule has 0 radical (unpaired) electrons. The second kappa shape index (κ2) is 8.03. The number of thioether (sulfide) groups is 1. The number of amidine groups is 1. The standard InChI is InChI=1S/C14H22N2OS/c1-11(2)7-9-18-10-8-17-13-5-3-12(4-6-13)14(15)16/h3-6,11H,7-10H2,1-2H3,(H3,15,16). The van der Waals surface area contributed by atoms with Crippen molar-refractivity contribution >= 4 is 17.6 Å². The highest BCUT2D eigenvalue weighted by Gasteiger charge is 1.98. The molecule has 4 heteroatoms. The summed E-state index contributed by atoms with van der Waals surface area (Å²) in [5.41, 5.74) is 6.11. The molecule has 0 unspecified atom stereocenters. The van der Waals surface area contributed by atoms with Crippen LogP contribution in [-0.2, 0) is 0 Å². The molecular formula is C14H22N2OS. The Labute approximate surface area is 114 Å². The van der Waals surface area contributed by atoms with Crippen LogP contribution in [0.1, 0.15) is 25.8 Å². The van der Waals surface area contributed by atoms with Crippen LogP contribution in [0, 0.1) is 11.3 Å². The number of hydrogen-bond acceptors (Lipinski definition) is 3. The summed E-state index contributed by atoms with van der Waals surface area (Å²) in [5.74, 6) is 3.92. The lowest BCUT2D eigenvalue weighted by Crippen LogP contribution is -2.10. The van der Waals surface area contributed by atoms with E-state index in [1.165, 1.54) is 12.2 Å². The van der Waals surface area contributed by atoms with Crippen LogP contribution in [0.4, 0.5) is 0 Å². The first-order valence-electron chi connectivity index (χ1n) is 6.24. The van der Waals surface area contributed by atoms with Gasteiger partial charge in [0.1, 0.15) is 11.6 Å². The van der Waals surface area contributed by atoms with Crippen LogP contribution in [0.2, 0.25) is 0 Å². The van der Waals surface area contributed by atoms with E-state index in [4.69, 9.17) is 15.9 Å². The minimum atomic E-state index is 0.0887. The minimum absolute atomic E-state index is 0.0887. The maximum Gasteiger partial charge on any atom is 0.122 e. The zero-order valence-electron chi connectivity index (χ0n) is 11.1. The molecule has 0 fully saturated rings. The van der Waals surface area contributed by atoms with Crippen LogP contribution in [0.15, 0.2) is 24.3 Å². The lowest BCUT2D eigenvalue weighted by molar-refractivity contribution is 0.344. The number of benzene rings is 1. The summed E-state index contributed by atoms with van der Waals surface area (Å²) < 4.78 is 5.62. The monoisotopic (exact) mass is 266 g/mol. The summed E-state index contributed by atoms with van der Waals surface area (Å²) >= 11 is 1.93. The van der Waals surface area contributed by atoms with Crippen LogP contribution < -0.4 is 10.5 Å². The van der Waals surface area contributed by atoms with E-state index in [9.17, 15) is 0 Å². The Morgan fingerprint density at radius 2 is 1.94 bits per heavy atom. The molecule has 18 heavy (non-hydrogen) atoms. The Bertz CT molecular complexity index is 363. The summed E-state index contributed by atoms with van der Waals surface area (Å²) in [4.78, 5) is 0. The highest BCUT2D eigenvalue weighted by molar-refractivity contribution is 7.99. The smallest absolute Gasteiger partial charge is 0.122 e. The van der Waals surface area contributed by atoms with Gasteiger partial charge in [-0.1, -0.05) is 13.8 Å². The van der Waals surface area contributed by atoms with Crippen LogP contribution in [-0.4, -0.2) is 23.9 Å². The van der Waals surface area contributed by atoms with E-state index < -0.39 is 0 Å². The first-order chi connectivity index (χ1) is 8.59. The van der Waals surface area contributed by atoms with Crippen molar-refractivity contribution < 1.29 is 4.74 Å². The molecule has 0 heterocycles. The largest absolute Gasteiger partial charge is 0.493 e. The number of ether oxygens (including phenoxy) is 1. The van der Waals surface area contributed by atoms with Gasteiger partial charge in [0.05, 0.1) is 6.61 Å². The Balaban J connectivity index is 2.17. The van der Waals surface area contributed by atoms with E-state index in [0.717, 1.165) is 29.6 Å². The predicted molar refractivity (Wildman–Crippen MR) is 79.7 cm³/mol. The quantitative estimate of drug-likeness (QED) is 0.432. The molecule has 0 atom stereocenters. The van der Waals surface area contributed by atoms with Crippen LogP contribution in [0.3, 0.4) is 0 Å². The third-order valence-corrected chi connectivity index (χ3v) is 3.48. The van der Waals surface area contributed by atoms with Crippen molar-refractivity contribution in [2.75, 3.05) is 18.1 Å². The first kappa shape index (κ1) is 14.9. The van der Waals surface area contributed by atoms with Crippen molar-refractivity contribution in [2.45, 2.75) is 20.3 Å². The fourth-order valence-electron chi connectivity index (χ4n) is 1.37. The normalized spacial score (nSPS) is 10.6. The molecule has 0 saturated heterocycles. The van der Waals surface area contributed by atoms with Crippen molar-refractivity contribution in [3.63, 3.8) is 0 Å².